The van der Waals surface area contributed by atoms with E-state index in [2.05, 4.69) is 10.0 Å². The number of rotatable bonds is 8. The van der Waals surface area contributed by atoms with Gasteiger partial charge in [-0.1, -0.05) is 44.2 Å². The number of hydrogen-bond donors (Lipinski definition) is 2. The van der Waals surface area contributed by atoms with Crippen LogP contribution in [-0.2, 0) is 14.8 Å². The highest BCUT2D eigenvalue weighted by molar-refractivity contribution is 7.89. The lowest BCUT2D eigenvalue weighted by Crippen LogP contribution is -2.24. The summed E-state index contributed by atoms with van der Waals surface area (Å²) < 4.78 is 26.7. The van der Waals surface area contributed by atoms with Gasteiger partial charge in [0.05, 0.1) is 10.8 Å². The lowest BCUT2D eigenvalue weighted by atomic mass is 9.95. The molecule has 134 valence electrons. The van der Waals surface area contributed by atoms with Crippen molar-refractivity contribution in [2.45, 2.75) is 37.5 Å². The molecule has 0 spiro atoms. The average Bonchev–Trinajstić information content (AvgIpc) is 2.62. The van der Waals surface area contributed by atoms with Gasteiger partial charge in [-0.2, -0.15) is 0 Å². The van der Waals surface area contributed by atoms with Crippen LogP contribution in [0.25, 0.3) is 0 Å². The second kappa shape index (κ2) is 8.78. The van der Waals surface area contributed by atoms with E-state index in [1.807, 2.05) is 44.2 Å². The van der Waals surface area contributed by atoms with Gasteiger partial charge in [-0.25, -0.2) is 13.1 Å². The minimum atomic E-state index is -3.49. The standard InChI is InChI=1S/C19H24N2O3S/c1-3-14-20-25(23,24)17-12-10-16(11-13-17)21-19(22)18(4-2)15-8-6-5-7-9-15/h5-13,18,20H,3-4,14H2,1-2H3,(H,21,22). The number of carbonyl (C=O) groups is 1. The minimum Gasteiger partial charge on any atom is -0.326 e. The van der Waals surface area contributed by atoms with Crippen molar-refractivity contribution in [2.24, 2.45) is 0 Å². The number of carbonyl (C=O) groups excluding carboxylic acids is 1. The molecule has 0 saturated heterocycles. The molecular weight excluding hydrogens is 336 g/mol. The van der Waals surface area contributed by atoms with Crippen LogP contribution in [0.4, 0.5) is 5.69 Å². The molecule has 1 unspecified atom stereocenters. The van der Waals surface area contributed by atoms with Gasteiger partial charge in [0.2, 0.25) is 15.9 Å². The monoisotopic (exact) mass is 360 g/mol. The molecule has 0 bridgehead atoms. The van der Waals surface area contributed by atoms with Crippen LogP contribution in [0, 0.1) is 0 Å². The number of sulfonamides is 1. The van der Waals surface area contributed by atoms with Crippen LogP contribution in [0.15, 0.2) is 59.5 Å². The van der Waals surface area contributed by atoms with E-state index in [1.165, 1.54) is 12.1 Å². The smallest absolute Gasteiger partial charge is 0.240 e. The molecule has 25 heavy (non-hydrogen) atoms. The third-order valence-electron chi connectivity index (χ3n) is 3.90. The zero-order chi connectivity index (χ0) is 18.3. The molecular formula is C19H24N2O3S. The zero-order valence-corrected chi connectivity index (χ0v) is 15.3. The fourth-order valence-electron chi connectivity index (χ4n) is 2.52. The third kappa shape index (κ3) is 5.14. The van der Waals surface area contributed by atoms with Crippen LogP contribution in [-0.4, -0.2) is 20.9 Å². The van der Waals surface area contributed by atoms with Crippen molar-refractivity contribution in [3.8, 4) is 0 Å². The van der Waals surface area contributed by atoms with E-state index in [9.17, 15) is 13.2 Å². The first-order valence-corrected chi connectivity index (χ1v) is 9.91. The highest BCUT2D eigenvalue weighted by Gasteiger charge is 2.19. The van der Waals surface area contributed by atoms with E-state index < -0.39 is 10.0 Å². The molecule has 0 radical (unpaired) electrons. The summed E-state index contributed by atoms with van der Waals surface area (Å²) in [6.45, 7) is 4.26. The molecule has 0 aromatic heterocycles. The maximum atomic E-state index is 12.5. The van der Waals surface area contributed by atoms with Crippen molar-refractivity contribution in [3.63, 3.8) is 0 Å². The van der Waals surface area contributed by atoms with Crippen molar-refractivity contribution in [1.29, 1.82) is 0 Å². The lowest BCUT2D eigenvalue weighted by Gasteiger charge is -2.15. The van der Waals surface area contributed by atoms with Gasteiger partial charge in [-0.3, -0.25) is 4.79 Å². The summed E-state index contributed by atoms with van der Waals surface area (Å²) >= 11 is 0. The number of nitrogens with one attached hydrogen (secondary N) is 2. The molecule has 5 nitrogen and oxygen atoms in total. The number of benzene rings is 2. The topological polar surface area (TPSA) is 75.3 Å². The van der Waals surface area contributed by atoms with Crippen molar-refractivity contribution in [1.82, 2.24) is 4.72 Å². The van der Waals surface area contributed by atoms with E-state index in [0.717, 1.165) is 12.0 Å². The Morgan fingerprint density at radius 1 is 1.00 bits per heavy atom. The normalized spacial score (nSPS) is 12.6. The van der Waals surface area contributed by atoms with Crippen molar-refractivity contribution >= 4 is 21.6 Å². The summed E-state index contributed by atoms with van der Waals surface area (Å²) in [5, 5.41) is 2.86. The largest absolute Gasteiger partial charge is 0.326 e. The summed E-state index contributed by atoms with van der Waals surface area (Å²) in [5.74, 6) is -0.343. The Hall–Kier alpha value is -2.18. The highest BCUT2D eigenvalue weighted by atomic mass is 32.2. The summed E-state index contributed by atoms with van der Waals surface area (Å²) in [6, 6.07) is 15.8. The molecule has 0 aliphatic rings. The summed E-state index contributed by atoms with van der Waals surface area (Å²) in [4.78, 5) is 12.7. The van der Waals surface area contributed by atoms with E-state index in [4.69, 9.17) is 0 Å². The van der Waals surface area contributed by atoms with Gasteiger partial charge in [0.15, 0.2) is 0 Å². The molecule has 0 fully saturated rings. The first-order chi connectivity index (χ1) is 12.0. The Balaban J connectivity index is 2.09. The molecule has 0 aliphatic carbocycles. The van der Waals surface area contributed by atoms with Gasteiger partial charge in [-0.05, 0) is 42.7 Å². The Morgan fingerprint density at radius 2 is 1.64 bits per heavy atom. The van der Waals surface area contributed by atoms with Crippen molar-refractivity contribution < 1.29 is 13.2 Å². The van der Waals surface area contributed by atoms with Crippen LogP contribution in [0.5, 0.6) is 0 Å². The minimum absolute atomic E-state index is 0.103. The highest BCUT2D eigenvalue weighted by Crippen LogP contribution is 2.22. The Labute approximate surface area is 149 Å². The zero-order valence-electron chi connectivity index (χ0n) is 14.5. The van der Waals surface area contributed by atoms with Crippen molar-refractivity contribution in [3.05, 3.63) is 60.2 Å². The molecule has 1 amide bonds. The number of amides is 1. The predicted molar refractivity (Wildman–Crippen MR) is 100 cm³/mol. The summed E-state index contributed by atoms with van der Waals surface area (Å²) in [5.41, 5.74) is 1.54. The van der Waals surface area contributed by atoms with Gasteiger partial charge in [0.1, 0.15) is 0 Å². The summed E-state index contributed by atoms with van der Waals surface area (Å²) in [7, 11) is -3.49. The second-order valence-electron chi connectivity index (χ2n) is 5.78. The average molecular weight is 360 g/mol. The number of hydrogen-bond acceptors (Lipinski definition) is 3. The van der Waals surface area contributed by atoms with Crippen molar-refractivity contribution in [2.75, 3.05) is 11.9 Å². The van der Waals surface area contributed by atoms with E-state index in [0.29, 0.717) is 18.7 Å². The maximum Gasteiger partial charge on any atom is 0.240 e. The Bertz CT molecular complexity index is 787. The SMILES string of the molecule is CCCNS(=O)(=O)c1ccc(NC(=O)C(CC)c2ccccc2)cc1. The van der Waals surface area contributed by atoms with Crippen LogP contribution in [0.3, 0.4) is 0 Å². The molecule has 2 aromatic carbocycles. The van der Waals surface area contributed by atoms with Crippen LogP contribution in [0.1, 0.15) is 38.2 Å². The summed E-state index contributed by atoms with van der Waals surface area (Å²) in [6.07, 6.45) is 1.41. The second-order valence-corrected chi connectivity index (χ2v) is 7.55. The molecule has 2 rings (SSSR count). The van der Waals surface area contributed by atoms with E-state index in [1.54, 1.807) is 12.1 Å². The molecule has 0 aliphatic heterocycles. The first-order valence-electron chi connectivity index (χ1n) is 8.43. The Morgan fingerprint density at radius 3 is 2.20 bits per heavy atom. The molecule has 1 atom stereocenters. The fourth-order valence-corrected chi connectivity index (χ4v) is 3.66. The van der Waals surface area contributed by atoms with Gasteiger partial charge >= 0.3 is 0 Å². The van der Waals surface area contributed by atoms with Gasteiger partial charge in [0, 0.05) is 12.2 Å². The molecule has 0 saturated carbocycles. The Kier molecular flexibility index (Phi) is 6.73. The van der Waals surface area contributed by atoms with E-state index in [-0.39, 0.29) is 16.7 Å². The van der Waals surface area contributed by atoms with Gasteiger partial charge < -0.3 is 5.32 Å². The first kappa shape index (κ1) is 19.1. The van der Waals surface area contributed by atoms with Gasteiger partial charge in [0.25, 0.3) is 0 Å². The predicted octanol–water partition coefficient (Wildman–Crippen LogP) is 3.51. The molecule has 6 heteroatoms. The van der Waals surface area contributed by atoms with Crippen LogP contribution < -0.4 is 10.0 Å². The van der Waals surface area contributed by atoms with Crippen LogP contribution >= 0.6 is 0 Å². The van der Waals surface area contributed by atoms with Crippen LogP contribution in [0.2, 0.25) is 0 Å². The fraction of sp³-hybridized carbons (Fsp3) is 0.316. The molecule has 0 heterocycles. The maximum absolute atomic E-state index is 12.5. The van der Waals surface area contributed by atoms with Gasteiger partial charge in [-0.15, -0.1) is 0 Å². The number of anilines is 1. The lowest BCUT2D eigenvalue weighted by molar-refractivity contribution is -0.117. The molecule has 2 aromatic rings. The van der Waals surface area contributed by atoms with E-state index >= 15 is 0 Å². The third-order valence-corrected chi connectivity index (χ3v) is 5.38. The molecule has 2 N–H and O–H groups in total. The quantitative estimate of drug-likeness (QED) is 0.756.